The fourth-order valence-corrected chi connectivity index (χ4v) is 2.90. The molecular weight excluding hydrogens is 272 g/mol. The first-order chi connectivity index (χ1) is 9.65. The van der Waals surface area contributed by atoms with E-state index in [1.165, 1.54) is 0 Å². The highest BCUT2D eigenvalue weighted by atomic mass is 32.1. The molecule has 0 bridgehead atoms. The van der Waals surface area contributed by atoms with Crippen LogP contribution in [0.4, 0.5) is 0 Å². The minimum Gasteiger partial charge on any atom is -0.319 e. The third-order valence-corrected chi connectivity index (χ3v) is 4.22. The van der Waals surface area contributed by atoms with Gasteiger partial charge in [0.15, 0.2) is 0 Å². The molecule has 6 heteroatoms. The zero-order valence-corrected chi connectivity index (χ0v) is 12.9. The Kier molecular flexibility index (Phi) is 5.03. The molecule has 1 N–H and O–H groups in total. The van der Waals surface area contributed by atoms with Crippen molar-refractivity contribution in [3.05, 3.63) is 33.7 Å². The zero-order chi connectivity index (χ0) is 14.5. The fraction of sp³-hybridized carbons (Fsp3) is 0.500. The maximum atomic E-state index is 11.7. The molecule has 2 heterocycles. The highest BCUT2D eigenvalue weighted by Crippen LogP contribution is 2.27. The molecule has 0 aromatic carbocycles. The summed E-state index contributed by atoms with van der Waals surface area (Å²) in [4.78, 5) is 11.7. The largest absolute Gasteiger partial charge is 0.319 e. The summed E-state index contributed by atoms with van der Waals surface area (Å²) in [6, 6.07) is 3.74. The SMILES string of the molecule is CCCNC(CC)c1nnc(-c2ccn(C)c(=O)c2)s1. The van der Waals surface area contributed by atoms with E-state index in [1.54, 1.807) is 35.2 Å². The Morgan fingerprint density at radius 3 is 2.85 bits per heavy atom. The summed E-state index contributed by atoms with van der Waals surface area (Å²) in [6.45, 7) is 5.25. The molecule has 5 nitrogen and oxygen atoms in total. The number of nitrogens with zero attached hydrogens (tertiary/aromatic N) is 3. The van der Waals surface area contributed by atoms with Gasteiger partial charge in [-0.15, -0.1) is 10.2 Å². The molecule has 0 saturated heterocycles. The van der Waals surface area contributed by atoms with Gasteiger partial charge in [0.1, 0.15) is 10.0 Å². The number of rotatable bonds is 6. The third kappa shape index (κ3) is 3.32. The van der Waals surface area contributed by atoms with Crippen LogP contribution in [0.3, 0.4) is 0 Å². The molecule has 0 aliphatic heterocycles. The van der Waals surface area contributed by atoms with Gasteiger partial charge in [0.25, 0.3) is 5.56 Å². The van der Waals surface area contributed by atoms with E-state index in [0.29, 0.717) is 0 Å². The molecule has 0 spiro atoms. The lowest BCUT2D eigenvalue weighted by Crippen LogP contribution is -2.21. The van der Waals surface area contributed by atoms with Crippen molar-refractivity contribution in [3.8, 4) is 10.6 Å². The molecule has 0 aliphatic carbocycles. The van der Waals surface area contributed by atoms with E-state index in [1.807, 2.05) is 6.07 Å². The van der Waals surface area contributed by atoms with Gasteiger partial charge in [0.05, 0.1) is 6.04 Å². The van der Waals surface area contributed by atoms with E-state index < -0.39 is 0 Å². The highest BCUT2D eigenvalue weighted by Gasteiger charge is 2.15. The highest BCUT2D eigenvalue weighted by molar-refractivity contribution is 7.14. The lowest BCUT2D eigenvalue weighted by Gasteiger charge is -2.12. The predicted molar refractivity (Wildman–Crippen MR) is 81.9 cm³/mol. The summed E-state index contributed by atoms with van der Waals surface area (Å²) >= 11 is 1.55. The van der Waals surface area contributed by atoms with Crippen LogP contribution in [0.5, 0.6) is 0 Å². The zero-order valence-electron chi connectivity index (χ0n) is 12.1. The quantitative estimate of drug-likeness (QED) is 0.888. The molecule has 1 unspecified atom stereocenters. The first-order valence-corrected chi connectivity index (χ1v) is 7.71. The van der Waals surface area contributed by atoms with E-state index >= 15 is 0 Å². The maximum Gasteiger partial charge on any atom is 0.250 e. The Balaban J connectivity index is 2.23. The van der Waals surface area contributed by atoms with Crippen molar-refractivity contribution in [1.82, 2.24) is 20.1 Å². The minimum atomic E-state index is -0.0320. The Bertz CT molecular complexity index is 620. The van der Waals surface area contributed by atoms with Crippen molar-refractivity contribution in [2.24, 2.45) is 7.05 Å². The number of aromatic nitrogens is 3. The molecule has 1 atom stereocenters. The van der Waals surface area contributed by atoms with Gasteiger partial charge in [-0.1, -0.05) is 25.2 Å². The first-order valence-electron chi connectivity index (χ1n) is 6.89. The lowest BCUT2D eigenvalue weighted by molar-refractivity contribution is 0.513. The van der Waals surface area contributed by atoms with Gasteiger partial charge in [-0.3, -0.25) is 4.79 Å². The van der Waals surface area contributed by atoms with Crippen LogP contribution in [0.15, 0.2) is 23.1 Å². The summed E-state index contributed by atoms with van der Waals surface area (Å²) in [5, 5.41) is 13.7. The third-order valence-electron chi connectivity index (χ3n) is 3.14. The molecule has 20 heavy (non-hydrogen) atoms. The summed E-state index contributed by atoms with van der Waals surface area (Å²) in [7, 11) is 1.74. The average molecular weight is 292 g/mol. The predicted octanol–water partition coefficient (Wildman–Crippen LogP) is 2.35. The monoisotopic (exact) mass is 292 g/mol. The second kappa shape index (κ2) is 6.76. The molecule has 2 aromatic heterocycles. The summed E-state index contributed by atoms with van der Waals surface area (Å²) < 4.78 is 1.54. The number of pyridine rings is 1. The number of hydrogen-bond acceptors (Lipinski definition) is 5. The summed E-state index contributed by atoms with van der Waals surface area (Å²) in [5.74, 6) is 0. The van der Waals surface area contributed by atoms with Crippen LogP contribution in [-0.2, 0) is 7.05 Å². The van der Waals surface area contributed by atoms with E-state index in [4.69, 9.17) is 0 Å². The standard InChI is InChI=1S/C14H20N4OS/c1-4-7-15-11(5-2)14-17-16-13(20-14)10-6-8-18(3)12(19)9-10/h6,8-9,11,15H,4-5,7H2,1-3H3. The topological polar surface area (TPSA) is 59.8 Å². The molecule has 0 radical (unpaired) electrons. The minimum absolute atomic E-state index is 0.0320. The van der Waals surface area contributed by atoms with Gasteiger partial charge in [-0.2, -0.15) is 0 Å². The van der Waals surface area contributed by atoms with E-state index in [0.717, 1.165) is 35.0 Å². The van der Waals surface area contributed by atoms with Crippen LogP contribution in [0, 0.1) is 0 Å². The Morgan fingerprint density at radius 1 is 1.40 bits per heavy atom. The average Bonchev–Trinajstić information content (AvgIpc) is 2.92. The van der Waals surface area contributed by atoms with Crippen molar-refractivity contribution < 1.29 is 0 Å². The molecule has 108 valence electrons. The molecule has 0 fully saturated rings. The normalized spacial score (nSPS) is 12.6. The molecule has 2 aromatic rings. The Hall–Kier alpha value is -1.53. The van der Waals surface area contributed by atoms with Gasteiger partial charge in [-0.05, 0) is 25.5 Å². The Labute approximate surface area is 122 Å². The molecular formula is C14H20N4OS. The van der Waals surface area contributed by atoms with E-state index in [9.17, 15) is 4.79 Å². The number of aryl methyl sites for hydroxylation is 1. The van der Waals surface area contributed by atoms with Crippen molar-refractivity contribution >= 4 is 11.3 Å². The van der Waals surface area contributed by atoms with Crippen LogP contribution < -0.4 is 10.9 Å². The number of nitrogens with one attached hydrogen (secondary N) is 1. The van der Waals surface area contributed by atoms with Gasteiger partial charge in [0.2, 0.25) is 0 Å². The molecule has 0 aliphatic rings. The Morgan fingerprint density at radius 2 is 2.20 bits per heavy atom. The van der Waals surface area contributed by atoms with E-state index in [-0.39, 0.29) is 11.6 Å². The lowest BCUT2D eigenvalue weighted by atomic mass is 10.2. The second-order valence-corrected chi connectivity index (χ2v) is 5.73. The van der Waals surface area contributed by atoms with Crippen LogP contribution in [0.1, 0.15) is 37.7 Å². The maximum absolute atomic E-state index is 11.7. The second-order valence-electron chi connectivity index (χ2n) is 4.72. The van der Waals surface area contributed by atoms with E-state index in [2.05, 4.69) is 29.4 Å². The smallest absolute Gasteiger partial charge is 0.250 e. The van der Waals surface area contributed by atoms with Crippen molar-refractivity contribution in [2.45, 2.75) is 32.7 Å². The van der Waals surface area contributed by atoms with Crippen molar-refractivity contribution in [3.63, 3.8) is 0 Å². The molecule has 0 amide bonds. The van der Waals surface area contributed by atoms with Gasteiger partial charge in [-0.25, -0.2) is 0 Å². The van der Waals surface area contributed by atoms with Gasteiger partial charge >= 0.3 is 0 Å². The molecule has 2 rings (SSSR count). The fourth-order valence-electron chi connectivity index (χ4n) is 1.90. The van der Waals surface area contributed by atoms with Gasteiger partial charge in [0, 0.05) is 24.9 Å². The van der Waals surface area contributed by atoms with Crippen LogP contribution in [0.25, 0.3) is 10.6 Å². The van der Waals surface area contributed by atoms with Crippen molar-refractivity contribution in [2.75, 3.05) is 6.54 Å². The summed E-state index contributed by atoms with van der Waals surface area (Å²) in [6.07, 6.45) is 3.83. The molecule has 0 saturated carbocycles. The van der Waals surface area contributed by atoms with Crippen molar-refractivity contribution in [1.29, 1.82) is 0 Å². The summed E-state index contributed by atoms with van der Waals surface area (Å²) in [5.41, 5.74) is 0.803. The van der Waals surface area contributed by atoms with Crippen LogP contribution in [0.2, 0.25) is 0 Å². The van der Waals surface area contributed by atoms with Crippen LogP contribution >= 0.6 is 11.3 Å². The van der Waals surface area contributed by atoms with Crippen LogP contribution in [-0.4, -0.2) is 21.3 Å². The number of hydrogen-bond donors (Lipinski definition) is 1. The first kappa shape index (κ1) is 14.9. The van der Waals surface area contributed by atoms with Gasteiger partial charge < -0.3 is 9.88 Å².